The summed E-state index contributed by atoms with van der Waals surface area (Å²) in [7, 11) is 1.76. The van der Waals surface area contributed by atoms with Crippen molar-refractivity contribution in [1.29, 1.82) is 0 Å². The van der Waals surface area contributed by atoms with Crippen LogP contribution in [0.2, 0.25) is 0 Å². The van der Waals surface area contributed by atoms with Crippen molar-refractivity contribution in [2.45, 2.75) is 0 Å². The van der Waals surface area contributed by atoms with Gasteiger partial charge in [-0.2, -0.15) is 0 Å². The normalized spacial score (nSPS) is 13.7. The smallest absolute Gasteiger partial charge is 0.239 e. The number of carbonyl (C=O) groups is 2. The molecule has 0 unspecified atom stereocenters. The Kier molecular flexibility index (Phi) is 11.1. The summed E-state index contributed by atoms with van der Waals surface area (Å²) in [5.41, 5.74) is 0. The Labute approximate surface area is 162 Å². The van der Waals surface area contributed by atoms with Crippen molar-refractivity contribution in [3.8, 4) is 0 Å². The number of likely N-dealkylation sites (N-methyl/N-ethyl adjacent to an activating group) is 1. The first-order valence-electron chi connectivity index (χ1n) is 7.13. The lowest BCUT2D eigenvalue weighted by atomic mass is 10.3. The molecule has 0 saturated carbocycles. The molecule has 1 fully saturated rings. The highest BCUT2D eigenvalue weighted by Gasteiger charge is 2.18. The van der Waals surface area contributed by atoms with Crippen molar-refractivity contribution in [2.24, 2.45) is 0 Å². The summed E-state index contributed by atoms with van der Waals surface area (Å²) in [6.07, 6.45) is 1.62. The molecule has 0 atom stereocenters. The summed E-state index contributed by atoms with van der Waals surface area (Å²) >= 11 is 3.29. The van der Waals surface area contributed by atoms with Gasteiger partial charge in [0.05, 0.1) is 13.1 Å². The number of hydrogen-bond donors (Lipinski definition) is 2. The number of nitrogens with one attached hydrogen (secondary N) is 2. The lowest BCUT2D eigenvalue weighted by Gasteiger charge is -2.29. The molecule has 0 spiro atoms. The summed E-state index contributed by atoms with van der Waals surface area (Å²) < 4.78 is 0.851. The first-order valence-corrected chi connectivity index (χ1v) is 7.92. The highest BCUT2D eigenvalue weighted by Crippen LogP contribution is 2.10. The molecular weight excluding hydrogens is 421 g/mol. The molecular formula is C14H22BrCl2N5O2. The topological polar surface area (TPSA) is 77.6 Å². The number of aromatic nitrogens is 1. The Morgan fingerprint density at radius 2 is 1.96 bits per heavy atom. The Balaban J connectivity index is 0.00000264. The molecule has 1 saturated heterocycles. The van der Waals surface area contributed by atoms with Gasteiger partial charge in [0.2, 0.25) is 11.8 Å². The van der Waals surface area contributed by atoms with Crippen LogP contribution in [0.25, 0.3) is 0 Å². The molecule has 2 heterocycles. The van der Waals surface area contributed by atoms with E-state index in [-0.39, 0.29) is 49.7 Å². The molecule has 0 aliphatic carbocycles. The van der Waals surface area contributed by atoms with Crippen LogP contribution in [0.3, 0.4) is 0 Å². The van der Waals surface area contributed by atoms with Gasteiger partial charge >= 0.3 is 0 Å². The van der Waals surface area contributed by atoms with Gasteiger partial charge in [-0.1, -0.05) is 0 Å². The fourth-order valence-corrected chi connectivity index (χ4v) is 2.41. The van der Waals surface area contributed by atoms with Gasteiger partial charge in [0.25, 0.3) is 0 Å². The van der Waals surface area contributed by atoms with Crippen LogP contribution in [0.5, 0.6) is 0 Å². The highest BCUT2D eigenvalue weighted by molar-refractivity contribution is 9.10. The van der Waals surface area contributed by atoms with Crippen molar-refractivity contribution < 1.29 is 9.59 Å². The fraction of sp³-hybridized carbons (Fsp3) is 0.500. The second kappa shape index (κ2) is 11.6. The van der Waals surface area contributed by atoms with Gasteiger partial charge in [-0.05, 0) is 35.1 Å². The Hall–Kier alpha value is -0.930. The van der Waals surface area contributed by atoms with Gasteiger partial charge in [-0.25, -0.2) is 4.98 Å². The lowest BCUT2D eigenvalue weighted by molar-refractivity contribution is -0.133. The monoisotopic (exact) mass is 441 g/mol. The van der Waals surface area contributed by atoms with Crippen LogP contribution in [-0.4, -0.2) is 72.9 Å². The summed E-state index contributed by atoms with van der Waals surface area (Å²) in [6, 6.07) is 3.52. The summed E-state index contributed by atoms with van der Waals surface area (Å²) in [6.45, 7) is 3.48. The molecule has 0 aromatic carbocycles. The van der Waals surface area contributed by atoms with E-state index in [1.165, 1.54) is 0 Å². The second-order valence-corrected chi connectivity index (χ2v) is 6.13. The minimum Gasteiger partial charge on any atom is -0.339 e. The summed E-state index contributed by atoms with van der Waals surface area (Å²) in [5.74, 6) is 0.360. The van der Waals surface area contributed by atoms with Gasteiger partial charge in [-0.3, -0.25) is 14.5 Å². The predicted octanol–water partition coefficient (Wildman–Crippen LogP) is 0.990. The predicted molar refractivity (Wildman–Crippen MR) is 102 cm³/mol. The third-order valence-corrected chi connectivity index (χ3v) is 3.75. The third kappa shape index (κ3) is 7.76. The SMILES string of the molecule is CN(CC(=O)Nc1ccc(Br)cn1)CC(=O)N1CCNCC1.Cl.Cl. The van der Waals surface area contributed by atoms with Crippen molar-refractivity contribution in [1.82, 2.24) is 20.1 Å². The number of amides is 2. The maximum absolute atomic E-state index is 12.1. The number of nitrogens with zero attached hydrogens (tertiary/aromatic N) is 3. The van der Waals surface area contributed by atoms with Crippen LogP contribution in [-0.2, 0) is 9.59 Å². The van der Waals surface area contributed by atoms with Crippen molar-refractivity contribution in [2.75, 3.05) is 51.6 Å². The number of piperazine rings is 1. The van der Waals surface area contributed by atoms with Crippen molar-refractivity contribution in [3.05, 3.63) is 22.8 Å². The van der Waals surface area contributed by atoms with E-state index in [9.17, 15) is 9.59 Å². The molecule has 2 amide bonds. The van der Waals surface area contributed by atoms with Gasteiger partial charge in [0.1, 0.15) is 5.82 Å². The molecule has 136 valence electrons. The molecule has 7 nitrogen and oxygen atoms in total. The van der Waals surface area contributed by atoms with Gasteiger partial charge < -0.3 is 15.5 Å². The molecule has 1 aromatic rings. The number of hydrogen-bond acceptors (Lipinski definition) is 5. The minimum absolute atomic E-state index is 0. The van der Waals surface area contributed by atoms with Crippen molar-refractivity contribution in [3.63, 3.8) is 0 Å². The molecule has 1 aliphatic rings. The first kappa shape index (κ1) is 23.1. The third-order valence-electron chi connectivity index (χ3n) is 3.28. The van der Waals surface area contributed by atoms with E-state index < -0.39 is 0 Å². The Bertz CT molecular complexity index is 526. The van der Waals surface area contributed by atoms with Crippen LogP contribution >= 0.6 is 40.7 Å². The number of rotatable bonds is 5. The molecule has 2 rings (SSSR count). The molecule has 0 bridgehead atoms. The zero-order valence-corrected chi connectivity index (χ0v) is 16.5. The van der Waals surface area contributed by atoms with Gasteiger partial charge in [0.15, 0.2) is 0 Å². The number of carbonyl (C=O) groups excluding carboxylic acids is 2. The second-order valence-electron chi connectivity index (χ2n) is 5.21. The largest absolute Gasteiger partial charge is 0.339 e. The number of halogens is 3. The Morgan fingerprint density at radius 3 is 2.54 bits per heavy atom. The maximum atomic E-state index is 12.1. The van der Waals surface area contributed by atoms with E-state index in [0.717, 1.165) is 30.7 Å². The first-order chi connectivity index (χ1) is 10.5. The van der Waals surface area contributed by atoms with E-state index in [1.807, 2.05) is 4.90 Å². The molecule has 2 N–H and O–H groups in total. The quantitative estimate of drug-likeness (QED) is 0.710. The highest BCUT2D eigenvalue weighted by atomic mass is 79.9. The fourth-order valence-electron chi connectivity index (χ4n) is 2.18. The number of anilines is 1. The maximum Gasteiger partial charge on any atom is 0.239 e. The molecule has 1 aromatic heterocycles. The van der Waals surface area contributed by atoms with E-state index >= 15 is 0 Å². The molecule has 10 heteroatoms. The van der Waals surface area contributed by atoms with Crippen LogP contribution in [0.15, 0.2) is 22.8 Å². The molecule has 1 aliphatic heterocycles. The van der Waals surface area contributed by atoms with Gasteiger partial charge in [0, 0.05) is 36.8 Å². The van der Waals surface area contributed by atoms with Crippen LogP contribution in [0, 0.1) is 0 Å². The Morgan fingerprint density at radius 1 is 1.29 bits per heavy atom. The average Bonchev–Trinajstić information content (AvgIpc) is 2.50. The van der Waals surface area contributed by atoms with Crippen LogP contribution in [0.1, 0.15) is 0 Å². The number of pyridine rings is 1. The molecule has 0 radical (unpaired) electrons. The summed E-state index contributed by atoms with van der Waals surface area (Å²) in [4.78, 5) is 31.6. The minimum atomic E-state index is -0.189. The zero-order chi connectivity index (χ0) is 15.9. The summed E-state index contributed by atoms with van der Waals surface area (Å²) in [5, 5.41) is 5.91. The van der Waals surface area contributed by atoms with Crippen LogP contribution in [0.4, 0.5) is 5.82 Å². The van der Waals surface area contributed by atoms with E-state index in [0.29, 0.717) is 5.82 Å². The molecule has 24 heavy (non-hydrogen) atoms. The van der Waals surface area contributed by atoms with Gasteiger partial charge in [-0.15, -0.1) is 24.8 Å². The zero-order valence-electron chi connectivity index (χ0n) is 13.3. The lowest BCUT2D eigenvalue weighted by Crippen LogP contribution is -2.49. The standard InChI is InChI=1S/C14H20BrN5O2.2ClH/c1-19(10-14(22)20-6-4-16-5-7-20)9-13(21)18-12-3-2-11(15)8-17-12;;/h2-3,8,16H,4-7,9-10H2,1H3,(H,17,18,21);2*1H. The van der Waals surface area contributed by atoms with E-state index in [1.54, 1.807) is 30.3 Å². The van der Waals surface area contributed by atoms with Crippen molar-refractivity contribution >= 4 is 58.4 Å². The average molecular weight is 443 g/mol. The van der Waals surface area contributed by atoms with E-state index in [2.05, 4.69) is 31.5 Å². The van der Waals surface area contributed by atoms with E-state index in [4.69, 9.17) is 0 Å². The van der Waals surface area contributed by atoms with Crippen LogP contribution < -0.4 is 10.6 Å².